The zero-order valence-electron chi connectivity index (χ0n) is 11.3. The first-order valence-corrected chi connectivity index (χ1v) is 6.73. The average molecular weight is 271 g/mol. The van der Waals surface area contributed by atoms with E-state index < -0.39 is 0 Å². The molecule has 0 radical (unpaired) electrons. The van der Waals surface area contributed by atoms with Crippen molar-refractivity contribution in [3.63, 3.8) is 0 Å². The van der Waals surface area contributed by atoms with Gasteiger partial charge in [0.15, 0.2) is 0 Å². The molecule has 102 valence electrons. The molecule has 0 bridgehead atoms. The van der Waals surface area contributed by atoms with Crippen LogP contribution in [0.4, 0.5) is 0 Å². The van der Waals surface area contributed by atoms with Gasteiger partial charge < -0.3 is 15.0 Å². The highest BCUT2D eigenvalue weighted by atomic mass is 35.5. The van der Waals surface area contributed by atoms with E-state index in [1.54, 1.807) is 7.11 Å². The second-order valence-corrected chi connectivity index (χ2v) is 4.83. The van der Waals surface area contributed by atoms with E-state index in [4.69, 9.17) is 16.3 Å². The summed E-state index contributed by atoms with van der Waals surface area (Å²) in [6.45, 7) is 4.72. The minimum atomic E-state index is 0.822. The highest BCUT2D eigenvalue weighted by molar-refractivity contribution is 6.31. The minimum Gasteiger partial charge on any atom is -0.385 e. The van der Waals surface area contributed by atoms with E-state index >= 15 is 0 Å². The minimum absolute atomic E-state index is 0.822. The van der Waals surface area contributed by atoms with Crippen molar-refractivity contribution >= 4 is 11.6 Å². The number of rotatable bonds is 9. The lowest BCUT2D eigenvalue weighted by Gasteiger charge is -2.17. The van der Waals surface area contributed by atoms with E-state index in [2.05, 4.69) is 23.3 Å². The van der Waals surface area contributed by atoms with Gasteiger partial charge in [0, 0.05) is 38.4 Å². The number of hydrogen-bond acceptors (Lipinski definition) is 3. The summed E-state index contributed by atoms with van der Waals surface area (Å²) in [5.74, 6) is 0. The summed E-state index contributed by atoms with van der Waals surface area (Å²) >= 11 is 6.13. The predicted octanol–water partition coefficient (Wildman–Crippen LogP) is 2.40. The molecule has 0 heterocycles. The molecule has 1 N–H and O–H groups in total. The van der Waals surface area contributed by atoms with Crippen LogP contribution in [-0.4, -0.2) is 45.3 Å². The molecule has 0 atom stereocenters. The van der Waals surface area contributed by atoms with Crippen molar-refractivity contribution in [1.82, 2.24) is 10.2 Å². The van der Waals surface area contributed by atoms with Gasteiger partial charge in [-0.2, -0.15) is 0 Å². The van der Waals surface area contributed by atoms with Crippen molar-refractivity contribution in [2.24, 2.45) is 0 Å². The third kappa shape index (κ3) is 6.36. The molecule has 0 spiro atoms. The molecule has 0 fully saturated rings. The topological polar surface area (TPSA) is 24.5 Å². The van der Waals surface area contributed by atoms with Crippen molar-refractivity contribution < 1.29 is 4.74 Å². The number of halogens is 1. The number of nitrogens with one attached hydrogen (secondary N) is 1. The Morgan fingerprint density at radius 1 is 1.28 bits per heavy atom. The fourth-order valence-corrected chi connectivity index (χ4v) is 1.93. The van der Waals surface area contributed by atoms with Crippen molar-refractivity contribution in [2.45, 2.75) is 13.0 Å². The van der Waals surface area contributed by atoms with E-state index in [0.29, 0.717) is 0 Å². The Balaban J connectivity index is 2.14. The largest absolute Gasteiger partial charge is 0.385 e. The van der Waals surface area contributed by atoms with Crippen LogP contribution in [0, 0.1) is 0 Å². The van der Waals surface area contributed by atoms with Gasteiger partial charge in [-0.3, -0.25) is 0 Å². The van der Waals surface area contributed by atoms with Gasteiger partial charge in [0.05, 0.1) is 0 Å². The smallest absolute Gasteiger partial charge is 0.0474 e. The van der Waals surface area contributed by atoms with Gasteiger partial charge in [0.1, 0.15) is 0 Å². The van der Waals surface area contributed by atoms with Gasteiger partial charge in [-0.15, -0.1) is 0 Å². The van der Waals surface area contributed by atoms with Crippen molar-refractivity contribution in [1.29, 1.82) is 0 Å². The van der Waals surface area contributed by atoms with E-state index in [-0.39, 0.29) is 0 Å². The van der Waals surface area contributed by atoms with Crippen LogP contribution in [0.3, 0.4) is 0 Å². The summed E-state index contributed by atoms with van der Waals surface area (Å²) in [5, 5.41) is 4.24. The lowest BCUT2D eigenvalue weighted by molar-refractivity contribution is 0.194. The van der Waals surface area contributed by atoms with Gasteiger partial charge >= 0.3 is 0 Å². The molecule has 4 heteroatoms. The molecular weight excluding hydrogens is 248 g/mol. The van der Waals surface area contributed by atoms with Gasteiger partial charge in [-0.25, -0.2) is 0 Å². The molecule has 1 aromatic carbocycles. The lowest BCUT2D eigenvalue weighted by Crippen LogP contribution is -2.29. The molecule has 0 saturated carbocycles. The maximum Gasteiger partial charge on any atom is 0.0474 e. The third-order valence-electron chi connectivity index (χ3n) is 2.77. The zero-order valence-corrected chi connectivity index (χ0v) is 12.0. The fourth-order valence-electron chi connectivity index (χ4n) is 1.73. The molecule has 0 unspecified atom stereocenters. The van der Waals surface area contributed by atoms with Crippen molar-refractivity contribution in [2.75, 3.05) is 40.4 Å². The standard InChI is InChI=1S/C14H23ClN2O/c1-17(10-9-16-8-5-11-18-2)12-13-6-3-4-7-14(13)15/h3-4,6-7,16H,5,8-12H2,1-2H3. The third-order valence-corrected chi connectivity index (χ3v) is 3.14. The highest BCUT2D eigenvalue weighted by Gasteiger charge is 2.03. The average Bonchev–Trinajstić information content (AvgIpc) is 2.36. The summed E-state index contributed by atoms with van der Waals surface area (Å²) in [7, 11) is 3.84. The number of hydrogen-bond donors (Lipinski definition) is 1. The Morgan fingerprint density at radius 2 is 2.06 bits per heavy atom. The maximum atomic E-state index is 6.13. The molecular formula is C14H23ClN2O. The summed E-state index contributed by atoms with van der Waals surface area (Å²) in [5.41, 5.74) is 1.18. The fraction of sp³-hybridized carbons (Fsp3) is 0.571. The molecule has 18 heavy (non-hydrogen) atoms. The second kappa shape index (κ2) is 9.34. The summed E-state index contributed by atoms with van der Waals surface area (Å²) in [6, 6.07) is 8.00. The van der Waals surface area contributed by atoms with Crippen LogP contribution in [0.25, 0.3) is 0 Å². The first kappa shape index (κ1) is 15.4. The number of methoxy groups -OCH3 is 1. The van der Waals surface area contributed by atoms with Gasteiger partial charge in [-0.1, -0.05) is 29.8 Å². The van der Waals surface area contributed by atoms with Crippen molar-refractivity contribution in [3.05, 3.63) is 34.9 Å². The van der Waals surface area contributed by atoms with Gasteiger partial charge in [-0.05, 0) is 31.6 Å². The van der Waals surface area contributed by atoms with Gasteiger partial charge in [0.25, 0.3) is 0 Å². The quantitative estimate of drug-likeness (QED) is 0.698. The Hall–Kier alpha value is -0.610. The van der Waals surface area contributed by atoms with Crippen molar-refractivity contribution in [3.8, 4) is 0 Å². The first-order valence-electron chi connectivity index (χ1n) is 6.35. The molecule has 0 aliphatic heterocycles. The summed E-state index contributed by atoms with van der Waals surface area (Å²) < 4.78 is 5.00. The molecule has 0 amide bonds. The summed E-state index contributed by atoms with van der Waals surface area (Å²) in [4.78, 5) is 2.27. The number of likely N-dealkylation sites (N-methyl/N-ethyl adjacent to an activating group) is 1. The van der Waals surface area contributed by atoms with Crippen LogP contribution in [0.15, 0.2) is 24.3 Å². The monoisotopic (exact) mass is 270 g/mol. The van der Waals surface area contributed by atoms with Crippen LogP contribution in [0.2, 0.25) is 5.02 Å². The van der Waals surface area contributed by atoms with Crippen LogP contribution >= 0.6 is 11.6 Å². The molecule has 0 saturated heterocycles. The Bertz CT molecular complexity index is 333. The first-order chi connectivity index (χ1) is 8.74. The lowest BCUT2D eigenvalue weighted by atomic mass is 10.2. The second-order valence-electron chi connectivity index (χ2n) is 4.43. The molecule has 0 aliphatic carbocycles. The summed E-state index contributed by atoms with van der Waals surface area (Å²) in [6.07, 6.45) is 1.06. The van der Waals surface area contributed by atoms with Gasteiger partial charge in [0.2, 0.25) is 0 Å². The van der Waals surface area contributed by atoms with Crippen LogP contribution in [-0.2, 0) is 11.3 Å². The molecule has 3 nitrogen and oxygen atoms in total. The Kier molecular flexibility index (Phi) is 8.01. The zero-order chi connectivity index (χ0) is 13.2. The van der Waals surface area contributed by atoms with Crippen LogP contribution in [0.1, 0.15) is 12.0 Å². The van der Waals surface area contributed by atoms with E-state index in [1.165, 1.54) is 5.56 Å². The number of ether oxygens (including phenoxy) is 1. The van der Waals surface area contributed by atoms with E-state index in [9.17, 15) is 0 Å². The Morgan fingerprint density at radius 3 is 2.78 bits per heavy atom. The molecule has 1 rings (SSSR count). The van der Waals surface area contributed by atoms with Crippen LogP contribution < -0.4 is 5.32 Å². The van der Waals surface area contributed by atoms with Crippen LogP contribution in [0.5, 0.6) is 0 Å². The molecule has 1 aromatic rings. The SMILES string of the molecule is COCCCNCCN(C)Cc1ccccc1Cl. The molecule has 0 aromatic heterocycles. The maximum absolute atomic E-state index is 6.13. The number of benzene rings is 1. The van der Waals surface area contributed by atoms with E-state index in [1.807, 2.05) is 18.2 Å². The molecule has 0 aliphatic rings. The predicted molar refractivity (Wildman–Crippen MR) is 77.1 cm³/mol. The number of nitrogens with zero attached hydrogens (tertiary/aromatic N) is 1. The normalized spacial score (nSPS) is 11.1. The highest BCUT2D eigenvalue weighted by Crippen LogP contribution is 2.15. The Labute approximate surface area is 115 Å². The van der Waals surface area contributed by atoms with E-state index in [0.717, 1.165) is 44.2 Å².